The highest BCUT2D eigenvalue weighted by Gasteiger charge is 2.30. The first-order chi connectivity index (χ1) is 9.30. The lowest BCUT2D eigenvalue weighted by Gasteiger charge is -2.38. The van der Waals surface area contributed by atoms with Gasteiger partial charge in [0.15, 0.2) is 0 Å². The van der Waals surface area contributed by atoms with Crippen LogP contribution in [0.15, 0.2) is 18.2 Å². The topological polar surface area (TPSA) is 46.3 Å². The molecule has 1 aromatic carbocycles. The first-order valence-electron chi connectivity index (χ1n) is 7.43. The lowest BCUT2D eigenvalue weighted by molar-refractivity contribution is 0.0635. The van der Waals surface area contributed by atoms with E-state index in [1.54, 1.807) is 0 Å². The summed E-state index contributed by atoms with van der Waals surface area (Å²) in [6.07, 6.45) is 4.58. The number of nitrogen functional groups attached to an aromatic ring is 1. The second kappa shape index (κ2) is 5.47. The highest BCUT2D eigenvalue weighted by molar-refractivity contribution is 5.94. The quantitative estimate of drug-likeness (QED) is 0.837. The summed E-state index contributed by atoms with van der Waals surface area (Å²) in [5.74, 6) is 0.109. The van der Waals surface area contributed by atoms with Crippen molar-refractivity contribution >= 4 is 11.6 Å². The van der Waals surface area contributed by atoms with E-state index in [0.717, 1.165) is 29.7 Å². The number of aryl methyl sites for hydroxylation is 1. The molecule has 1 amide bonds. The van der Waals surface area contributed by atoms with Gasteiger partial charge in [0.25, 0.3) is 5.91 Å². The van der Waals surface area contributed by atoms with E-state index in [1.165, 1.54) is 12.8 Å². The summed E-state index contributed by atoms with van der Waals surface area (Å²) >= 11 is 0. The molecular weight excluding hydrogens is 248 g/mol. The van der Waals surface area contributed by atoms with Gasteiger partial charge in [-0.25, -0.2) is 0 Å². The molecule has 0 radical (unpaired) electrons. The Balaban J connectivity index is 2.07. The van der Waals surface area contributed by atoms with Crippen LogP contribution in [0.25, 0.3) is 0 Å². The largest absolute Gasteiger partial charge is 0.399 e. The monoisotopic (exact) mass is 274 g/mol. The van der Waals surface area contributed by atoms with Gasteiger partial charge >= 0.3 is 0 Å². The minimum Gasteiger partial charge on any atom is -0.399 e. The Morgan fingerprint density at radius 2 is 1.90 bits per heavy atom. The second-order valence-corrected chi connectivity index (χ2v) is 6.88. The van der Waals surface area contributed by atoms with Crippen LogP contribution in [-0.2, 0) is 0 Å². The minimum absolute atomic E-state index is 0.109. The Bertz CT molecular complexity index is 498. The van der Waals surface area contributed by atoms with Crippen molar-refractivity contribution in [3.8, 4) is 0 Å². The standard InChI is InChI=1S/C17H26N2O/c1-12-11-13(5-6-15(12)18)16(20)19(4)14-7-9-17(2,3)10-8-14/h5-6,11,14H,7-10,18H2,1-4H3. The molecule has 1 aromatic rings. The van der Waals surface area contributed by atoms with Gasteiger partial charge in [-0.1, -0.05) is 13.8 Å². The molecule has 0 saturated heterocycles. The molecule has 1 fully saturated rings. The summed E-state index contributed by atoms with van der Waals surface area (Å²) in [7, 11) is 1.93. The van der Waals surface area contributed by atoms with Crippen molar-refractivity contribution in [2.45, 2.75) is 52.5 Å². The highest BCUT2D eigenvalue weighted by atomic mass is 16.2. The summed E-state index contributed by atoms with van der Waals surface area (Å²) in [5.41, 5.74) is 8.69. The molecule has 3 nitrogen and oxygen atoms in total. The third-order valence-corrected chi connectivity index (χ3v) is 4.69. The summed E-state index contributed by atoms with van der Waals surface area (Å²) < 4.78 is 0. The van der Waals surface area contributed by atoms with Crippen molar-refractivity contribution < 1.29 is 4.79 Å². The fraction of sp³-hybridized carbons (Fsp3) is 0.588. The van der Waals surface area contributed by atoms with Crippen molar-refractivity contribution in [2.75, 3.05) is 12.8 Å². The summed E-state index contributed by atoms with van der Waals surface area (Å²) in [6.45, 7) is 6.57. The molecule has 0 spiro atoms. The van der Waals surface area contributed by atoms with Crippen LogP contribution in [0, 0.1) is 12.3 Å². The molecule has 0 aliphatic heterocycles. The third-order valence-electron chi connectivity index (χ3n) is 4.69. The van der Waals surface area contributed by atoms with Crippen molar-refractivity contribution in [2.24, 2.45) is 5.41 Å². The van der Waals surface area contributed by atoms with Crippen LogP contribution in [0.3, 0.4) is 0 Å². The van der Waals surface area contributed by atoms with E-state index in [-0.39, 0.29) is 5.91 Å². The van der Waals surface area contributed by atoms with Crippen LogP contribution in [0.2, 0.25) is 0 Å². The molecule has 3 heteroatoms. The number of nitrogens with zero attached hydrogens (tertiary/aromatic N) is 1. The molecule has 1 aliphatic carbocycles. The number of hydrogen-bond acceptors (Lipinski definition) is 2. The average molecular weight is 274 g/mol. The Labute approximate surface area is 122 Å². The number of anilines is 1. The van der Waals surface area contributed by atoms with Gasteiger partial charge in [0.05, 0.1) is 0 Å². The van der Waals surface area contributed by atoms with Gasteiger partial charge < -0.3 is 10.6 Å². The molecule has 0 atom stereocenters. The molecule has 0 heterocycles. The molecule has 0 unspecified atom stereocenters. The maximum absolute atomic E-state index is 12.6. The summed E-state index contributed by atoms with van der Waals surface area (Å²) in [5, 5.41) is 0. The van der Waals surface area contributed by atoms with Crippen LogP contribution >= 0.6 is 0 Å². The molecular formula is C17H26N2O. The number of nitrogens with two attached hydrogens (primary N) is 1. The van der Waals surface area contributed by atoms with Gasteiger partial charge in [-0.15, -0.1) is 0 Å². The normalized spacial score (nSPS) is 18.8. The third kappa shape index (κ3) is 3.14. The molecule has 2 rings (SSSR count). The van der Waals surface area contributed by atoms with Gasteiger partial charge in [-0.3, -0.25) is 4.79 Å². The zero-order valence-electron chi connectivity index (χ0n) is 13.1. The lowest BCUT2D eigenvalue weighted by atomic mass is 9.75. The van der Waals surface area contributed by atoms with Gasteiger partial charge in [0.2, 0.25) is 0 Å². The van der Waals surface area contributed by atoms with Gasteiger partial charge in [0, 0.05) is 24.3 Å². The lowest BCUT2D eigenvalue weighted by Crippen LogP contribution is -2.40. The van der Waals surface area contributed by atoms with Crippen molar-refractivity contribution in [3.05, 3.63) is 29.3 Å². The zero-order valence-corrected chi connectivity index (χ0v) is 13.1. The maximum atomic E-state index is 12.6. The number of amides is 1. The van der Waals surface area contributed by atoms with E-state index in [1.807, 2.05) is 37.1 Å². The van der Waals surface area contributed by atoms with Gasteiger partial charge in [-0.2, -0.15) is 0 Å². The van der Waals surface area contributed by atoms with Gasteiger partial charge in [-0.05, 0) is 61.8 Å². The van der Waals surface area contributed by atoms with E-state index in [0.29, 0.717) is 11.5 Å². The van der Waals surface area contributed by atoms with E-state index >= 15 is 0 Å². The smallest absolute Gasteiger partial charge is 0.253 e. The average Bonchev–Trinajstić information content (AvgIpc) is 2.40. The van der Waals surface area contributed by atoms with Crippen LogP contribution < -0.4 is 5.73 Å². The Hall–Kier alpha value is -1.51. The number of hydrogen-bond donors (Lipinski definition) is 1. The number of benzene rings is 1. The van der Waals surface area contributed by atoms with Crippen molar-refractivity contribution in [1.29, 1.82) is 0 Å². The highest BCUT2D eigenvalue weighted by Crippen LogP contribution is 2.36. The Morgan fingerprint density at radius 1 is 1.30 bits per heavy atom. The number of carbonyl (C=O) groups is 1. The SMILES string of the molecule is Cc1cc(C(=O)N(C)C2CCC(C)(C)CC2)ccc1N. The summed E-state index contributed by atoms with van der Waals surface area (Å²) in [4.78, 5) is 14.5. The van der Waals surface area contributed by atoms with E-state index in [9.17, 15) is 4.79 Å². The van der Waals surface area contributed by atoms with Gasteiger partial charge in [0.1, 0.15) is 0 Å². The predicted molar refractivity (Wildman–Crippen MR) is 83.7 cm³/mol. The minimum atomic E-state index is 0.109. The predicted octanol–water partition coefficient (Wildman–Crippen LogP) is 3.62. The maximum Gasteiger partial charge on any atom is 0.253 e. The van der Waals surface area contributed by atoms with E-state index < -0.39 is 0 Å². The van der Waals surface area contributed by atoms with Crippen LogP contribution in [-0.4, -0.2) is 23.9 Å². The molecule has 0 aromatic heterocycles. The number of rotatable bonds is 2. The fourth-order valence-electron chi connectivity index (χ4n) is 2.95. The number of carbonyl (C=O) groups excluding carboxylic acids is 1. The molecule has 20 heavy (non-hydrogen) atoms. The fourth-order valence-corrected chi connectivity index (χ4v) is 2.95. The molecule has 2 N–H and O–H groups in total. The summed E-state index contributed by atoms with van der Waals surface area (Å²) in [6, 6.07) is 5.91. The first kappa shape index (κ1) is 14.9. The van der Waals surface area contributed by atoms with E-state index in [4.69, 9.17) is 5.73 Å². The van der Waals surface area contributed by atoms with Crippen LogP contribution in [0.5, 0.6) is 0 Å². The van der Waals surface area contributed by atoms with Crippen LogP contribution in [0.1, 0.15) is 55.5 Å². The molecule has 1 aliphatic rings. The van der Waals surface area contributed by atoms with Crippen LogP contribution in [0.4, 0.5) is 5.69 Å². The molecule has 110 valence electrons. The van der Waals surface area contributed by atoms with E-state index in [2.05, 4.69) is 13.8 Å². The molecule has 1 saturated carbocycles. The second-order valence-electron chi connectivity index (χ2n) is 6.88. The Kier molecular flexibility index (Phi) is 4.07. The molecule has 0 bridgehead atoms. The Morgan fingerprint density at radius 3 is 2.45 bits per heavy atom. The van der Waals surface area contributed by atoms with Crippen molar-refractivity contribution in [3.63, 3.8) is 0 Å². The first-order valence-corrected chi connectivity index (χ1v) is 7.43. The van der Waals surface area contributed by atoms with Crippen molar-refractivity contribution in [1.82, 2.24) is 4.90 Å². The zero-order chi connectivity index (χ0) is 14.9.